The maximum absolute atomic E-state index is 5.18. The standard InChI is InChI=1S/C13H15N3O/c1-10-5-6-12(15-8-10)16-9-11-4-3-7-14-13(11)17-2/h3-8H,9H2,1-2H3,(H,15,16). The van der Waals surface area contributed by atoms with Gasteiger partial charge in [-0.05, 0) is 24.6 Å². The van der Waals surface area contributed by atoms with E-state index in [0.29, 0.717) is 12.4 Å². The van der Waals surface area contributed by atoms with Gasteiger partial charge in [-0.25, -0.2) is 9.97 Å². The quantitative estimate of drug-likeness (QED) is 0.874. The molecular weight excluding hydrogens is 214 g/mol. The predicted molar refractivity (Wildman–Crippen MR) is 67.1 cm³/mol. The summed E-state index contributed by atoms with van der Waals surface area (Å²) in [7, 11) is 1.62. The summed E-state index contributed by atoms with van der Waals surface area (Å²) in [6.07, 6.45) is 3.55. The van der Waals surface area contributed by atoms with Gasteiger partial charge in [-0.1, -0.05) is 12.1 Å². The molecule has 0 aliphatic heterocycles. The number of aryl methyl sites for hydroxylation is 1. The van der Waals surface area contributed by atoms with Crippen LogP contribution in [-0.4, -0.2) is 17.1 Å². The summed E-state index contributed by atoms with van der Waals surface area (Å²) in [5.41, 5.74) is 2.16. The van der Waals surface area contributed by atoms with Gasteiger partial charge >= 0.3 is 0 Å². The second-order valence-corrected chi connectivity index (χ2v) is 3.75. The van der Waals surface area contributed by atoms with Crippen LogP contribution in [0.15, 0.2) is 36.7 Å². The minimum Gasteiger partial charge on any atom is -0.481 e. The molecule has 0 aromatic carbocycles. The molecule has 0 unspecified atom stereocenters. The Morgan fingerprint density at radius 1 is 1.24 bits per heavy atom. The molecule has 0 bridgehead atoms. The summed E-state index contributed by atoms with van der Waals surface area (Å²) >= 11 is 0. The minimum atomic E-state index is 0.645. The number of aromatic nitrogens is 2. The van der Waals surface area contributed by atoms with Crippen molar-refractivity contribution in [1.82, 2.24) is 9.97 Å². The van der Waals surface area contributed by atoms with E-state index in [4.69, 9.17) is 4.74 Å². The van der Waals surface area contributed by atoms with Gasteiger partial charge in [0.2, 0.25) is 5.88 Å². The van der Waals surface area contributed by atoms with Crippen molar-refractivity contribution in [2.24, 2.45) is 0 Å². The molecule has 17 heavy (non-hydrogen) atoms. The zero-order chi connectivity index (χ0) is 12.1. The first kappa shape index (κ1) is 11.4. The van der Waals surface area contributed by atoms with Crippen LogP contribution >= 0.6 is 0 Å². The number of nitrogens with zero attached hydrogens (tertiary/aromatic N) is 2. The number of rotatable bonds is 4. The first-order valence-electron chi connectivity index (χ1n) is 5.44. The van der Waals surface area contributed by atoms with E-state index in [1.165, 1.54) is 0 Å². The van der Waals surface area contributed by atoms with Gasteiger partial charge in [0.05, 0.1) is 7.11 Å². The topological polar surface area (TPSA) is 47.0 Å². The van der Waals surface area contributed by atoms with Crippen molar-refractivity contribution in [1.29, 1.82) is 0 Å². The van der Waals surface area contributed by atoms with Crippen LogP contribution in [0, 0.1) is 6.92 Å². The van der Waals surface area contributed by atoms with Gasteiger partial charge in [-0.2, -0.15) is 0 Å². The Morgan fingerprint density at radius 2 is 2.12 bits per heavy atom. The SMILES string of the molecule is COc1ncccc1CNc1ccc(C)cn1. The lowest BCUT2D eigenvalue weighted by Gasteiger charge is -2.08. The average molecular weight is 229 g/mol. The average Bonchev–Trinajstić information content (AvgIpc) is 2.38. The number of anilines is 1. The minimum absolute atomic E-state index is 0.645. The normalized spacial score (nSPS) is 10.0. The van der Waals surface area contributed by atoms with Crippen LogP contribution in [0.3, 0.4) is 0 Å². The first-order chi connectivity index (χ1) is 8.29. The summed E-state index contributed by atoms with van der Waals surface area (Å²) in [4.78, 5) is 8.42. The number of nitrogens with one attached hydrogen (secondary N) is 1. The Balaban J connectivity index is 2.04. The summed E-state index contributed by atoms with van der Waals surface area (Å²) in [6.45, 7) is 2.66. The number of pyridine rings is 2. The van der Waals surface area contributed by atoms with Crippen molar-refractivity contribution < 1.29 is 4.74 Å². The largest absolute Gasteiger partial charge is 0.481 e. The van der Waals surface area contributed by atoms with E-state index < -0.39 is 0 Å². The number of ether oxygens (including phenoxy) is 1. The molecule has 0 radical (unpaired) electrons. The lowest BCUT2D eigenvalue weighted by Crippen LogP contribution is -2.03. The van der Waals surface area contributed by atoms with Crippen LogP contribution in [0.5, 0.6) is 5.88 Å². The van der Waals surface area contributed by atoms with E-state index in [9.17, 15) is 0 Å². The number of methoxy groups -OCH3 is 1. The van der Waals surface area contributed by atoms with Gasteiger partial charge in [0.25, 0.3) is 0 Å². The molecule has 0 aliphatic rings. The smallest absolute Gasteiger partial charge is 0.218 e. The van der Waals surface area contributed by atoms with Crippen LogP contribution in [0.2, 0.25) is 0 Å². The van der Waals surface area contributed by atoms with E-state index in [-0.39, 0.29) is 0 Å². The molecule has 0 fully saturated rings. The Kier molecular flexibility index (Phi) is 3.55. The molecule has 1 N–H and O–H groups in total. The van der Waals surface area contributed by atoms with Gasteiger partial charge in [-0.3, -0.25) is 0 Å². The maximum Gasteiger partial charge on any atom is 0.218 e. The first-order valence-corrected chi connectivity index (χ1v) is 5.44. The van der Waals surface area contributed by atoms with Crippen LogP contribution in [-0.2, 0) is 6.54 Å². The Labute approximate surface area is 101 Å². The van der Waals surface area contributed by atoms with Gasteiger partial charge in [0.1, 0.15) is 5.82 Å². The van der Waals surface area contributed by atoms with E-state index in [0.717, 1.165) is 16.9 Å². The highest BCUT2D eigenvalue weighted by molar-refractivity contribution is 5.38. The maximum atomic E-state index is 5.18. The second-order valence-electron chi connectivity index (χ2n) is 3.75. The molecule has 88 valence electrons. The van der Waals surface area contributed by atoms with Gasteiger partial charge in [0.15, 0.2) is 0 Å². The fourth-order valence-corrected chi connectivity index (χ4v) is 1.50. The molecule has 0 saturated heterocycles. The zero-order valence-electron chi connectivity index (χ0n) is 9.97. The van der Waals surface area contributed by atoms with E-state index in [1.807, 2.05) is 37.4 Å². The van der Waals surface area contributed by atoms with Crippen molar-refractivity contribution in [3.63, 3.8) is 0 Å². The van der Waals surface area contributed by atoms with Crippen molar-refractivity contribution in [2.75, 3.05) is 12.4 Å². The van der Waals surface area contributed by atoms with E-state index in [2.05, 4.69) is 15.3 Å². The highest BCUT2D eigenvalue weighted by Crippen LogP contribution is 2.15. The lowest BCUT2D eigenvalue weighted by molar-refractivity contribution is 0.393. The molecule has 0 spiro atoms. The molecule has 0 amide bonds. The molecular formula is C13H15N3O. The summed E-state index contributed by atoms with van der Waals surface area (Å²) in [5, 5.41) is 3.23. The highest BCUT2D eigenvalue weighted by Gasteiger charge is 2.02. The van der Waals surface area contributed by atoms with E-state index in [1.54, 1.807) is 13.3 Å². The molecule has 4 nitrogen and oxygen atoms in total. The predicted octanol–water partition coefficient (Wildman–Crippen LogP) is 2.41. The molecule has 0 atom stereocenters. The molecule has 2 heterocycles. The van der Waals surface area contributed by atoms with Crippen LogP contribution in [0.25, 0.3) is 0 Å². The Morgan fingerprint density at radius 3 is 2.82 bits per heavy atom. The van der Waals surface area contributed by atoms with Crippen molar-refractivity contribution in [2.45, 2.75) is 13.5 Å². The monoisotopic (exact) mass is 229 g/mol. The molecule has 0 aliphatic carbocycles. The fourth-order valence-electron chi connectivity index (χ4n) is 1.50. The lowest BCUT2D eigenvalue weighted by atomic mass is 10.2. The molecule has 2 rings (SSSR count). The summed E-state index contributed by atoms with van der Waals surface area (Å²) < 4.78 is 5.18. The van der Waals surface area contributed by atoms with Gasteiger partial charge < -0.3 is 10.1 Å². The molecule has 4 heteroatoms. The summed E-state index contributed by atoms with van der Waals surface area (Å²) in [6, 6.07) is 7.85. The third-order valence-corrected chi connectivity index (χ3v) is 2.41. The van der Waals surface area contributed by atoms with Crippen LogP contribution in [0.4, 0.5) is 5.82 Å². The number of hydrogen-bond acceptors (Lipinski definition) is 4. The molecule has 0 saturated carbocycles. The molecule has 2 aromatic heterocycles. The van der Waals surface area contributed by atoms with Crippen LogP contribution in [0.1, 0.15) is 11.1 Å². The third-order valence-electron chi connectivity index (χ3n) is 2.41. The van der Waals surface area contributed by atoms with E-state index >= 15 is 0 Å². The zero-order valence-corrected chi connectivity index (χ0v) is 9.97. The third kappa shape index (κ3) is 2.93. The van der Waals surface area contributed by atoms with Crippen molar-refractivity contribution in [3.8, 4) is 5.88 Å². The summed E-state index contributed by atoms with van der Waals surface area (Å²) in [5.74, 6) is 1.49. The Bertz CT molecular complexity index is 482. The number of hydrogen-bond donors (Lipinski definition) is 1. The fraction of sp³-hybridized carbons (Fsp3) is 0.231. The highest BCUT2D eigenvalue weighted by atomic mass is 16.5. The molecule has 2 aromatic rings. The second kappa shape index (κ2) is 5.30. The van der Waals surface area contributed by atoms with Gasteiger partial charge in [-0.15, -0.1) is 0 Å². The van der Waals surface area contributed by atoms with Gasteiger partial charge in [0, 0.05) is 24.5 Å². The van der Waals surface area contributed by atoms with Crippen molar-refractivity contribution >= 4 is 5.82 Å². The van der Waals surface area contributed by atoms with Crippen LogP contribution < -0.4 is 10.1 Å². The Hall–Kier alpha value is -2.10. The van der Waals surface area contributed by atoms with Crippen molar-refractivity contribution in [3.05, 3.63) is 47.8 Å².